The lowest BCUT2D eigenvalue weighted by Gasteiger charge is -2.16. The zero-order valence-corrected chi connectivity index (χ0v) is 18.9. The average Bonchev–Trinajstić information content (AvgIpc) is 3.22. The number of halogens is 1. The largest absolute Gasteiger partial charge is 0.464 e. The lowest BCUT2D eigenvalue weighted by Crippen LogP contribution is -2.30. The fourth-order valence-corrected chi connectivity index (χ4v) is 5.04. The van der Waals surface area contributed by atoms with Crippen molar-refractivity contribution >= 4 is 16.9 Å². The molecule has 1 amide bonds. The minimum Gasteiger partial charge on any atom is -0.464 e. The number of rotatable bonds is 5. The molecule has 1 N–H and O–H groups in total. The third kappa shape index (κ3) is 3.63. The number of aromatic amines is 1. The molecule has 1 saturated heterocycles. The number of fused-ring (bicyclic) bond motifs is 1. The maximum atomic E-state index is 15.4. The summed E-state index contributed by atoms with van der Waals surface area (Å²) in [5.41, 5.74) is 2.97. The van der Waals surface area contributed by atoms with Gasteiger partial charge in [0.2, 0.25) is 5.91 Å². The van der Waals surface area contributed by atoms with Crippen molar-refractivity contribution in [3.63, 3.8) is 0 Å². The van der Waals surface area contributed by atoms with Gasteiger partial charge in [-0.15, -0.1) is 0 Å². The predicted octanol–water partition coefficient (Wildman–Crippen LogP) is 4.22. The number of amides is 1. The maximum Gasteiger partial charge on any atom is 0.348 e. The number of benzene rings is 2. The van der Waals surface area contributed by atoms with E-state index in [0.29, 0.717) is 18.8 Å². The van der Waals surface area contributed by atoms with Crippen molar-refractivity contribution in [2.24, 2.45) is 11.8 Å². The number of nitrogens with zero attached hydrogens (tertiary/aromatic N) is 3. The molecule has 1 aliphatic carbocycles. The fourth-order valence-electron chi connectivity index (χ4n) is 5.04. The molecular weight excluding hydrogens is 435 g/mol. The van der Waals surface area contributed by atoms with E-state index >= 15 is 4.39 Å². The van der Waals surface area contributed by atoms with Gasteiger partial charge in [0, 0.05) is 30.8 Å². The molecule has 8 heteroatoms. The molecule has 0 bridgehead atoms. The molecule has 1 atom stereocenters. The molecule has 2 aliphatic rings. The molecule has 1 unspecified atom stereocenters. The first-order chi connectivity index (χ1) is 16.5. The molecule has 2 fully saturated rings. The minimum absolute atomic E-state index is 0.184. The Morgan fingerprint density at radius 3 is 2.88 bits per heavy atom. The molecule has 7 nitrogen and oxygen atoms in total. The first kappa shape index (κ1) is 20.9. The van der Waals surface area contributed by atoms with Crippen LogP contribution in [0, 0.1) is 24.6 Å². The number of hydrogen-bond donors (Lipinski definition) is 1. The van der Waals surface area contributed by atoms with E-state index in [1.54, 1.807) is 12.3 Å². The van der Waals surface area contributed by atoms with Gasteiger partial charge >= 0.3 is 5.69 Å². The van der Waals surface area contributed by atoms with E-state index in [-0.39, 0.29) is 23.4 Å². The molecule has 0 radical (unpaired) electrons. The van der Waals surface area contributed by atoms with E-state index in [0.717, 1.165) is 53.5 Å². The summed E-state index contributed by atoms with van der Waals surface area (Å²) in [6, 6.07) is 10.8. The summed E-state index contributed by atoms with van der Waals surface area (Å²) >= 11 is 0. The van der Waals surface area contributed by atoms with Gasteiger partial charge < -0.3 is 9.32 Å². The quantitative estimate of drug-likeness (QED) is 0.483. The number of carbonyl (C=O) groups excluding carboxylic acids is 1. The van der Waals surface area contributed by atoms with Crippen molar-refractivity contribution < 1.29 is 13.6 Å². The normalized spacial score (nSPS) is 18.2. The van der Waals surface area contributed by atoms with Crippen molar-refractivity contribution in [3.05, 3.63) is 70.4 Å². The third-order valence-electron chi connectivity index (χ3n) is 7.04. The molecule has 4 aromatic rings. The number of hydrogen-bond acceptors (Lipinski definition) is 4. The minimum atomic E-state index is -0.491. The van der Waals surface area contributed by atoms with E-state index in [4.69, 9.17) is 4.42 Å². The monoisotopic (exact) mass is 460 g/mol. The molecule has 1 saturated carbocycles. The van der Waals surface area contributed by atoms with E-state index in [1.165, 1.54) is 10.6 Å². The highest BCUT2D eigenvalue weighted by atomic mass is 19.1. The van der Waals surface area contributed by atoms with Gasteiger partial charge in [0.15, 0.2) is 0 Å². The Morgan fingerprint density at radius 1 is 1.21 bits per heavy atom. The molecule has 1 aliphatic heterocycles. The van der Waals surface area contributed by atoms with Crippen LogP contribution in [0.3, 0.4) is 0 Å². The van der Waals surface area contributed by atoms with Crippen LogP contribution < -0.4 is 5.69 Å². The third-order valence-corrected chi connectivity index (χ3v) is 7.04. The second-order valence-corrected chi connectivity index (χ2v) is 9.49. The van der Waals surface area contributed by atoms with Gasteiger partial charge in [-0.05, 0) is 79.1 Å². The SMILES string of the molecule is Cc1cc(-n2c(CC3CCN(C(=O)C4CC4)C3)n[nH]c2=O)c(F)cc1-c1ccc2occc2c1. The van der Waals surface area contributed by atoms with Gasteiger partial charge in [-0.25, -0.2) is 18.9 Å². The lowest BCUT2D eigenvalue weighted by atomic mass is 9.98. The second kappa shape index (κ2) is 7.97. The smallest absolute Gasteiger partial charge is 0.348 e. The number of aromatic nitrogens is 3. The maximum absolute atomic E-state index is 15.4. The molecular formula is C26H25FN4O3. The van der Waals surface area contributed by atoms with Gasteiger partial charge in [0.1, 0.15) is 17.2 Å². The highest BCUT2D eigenvalue weighted by Crippen LogP contribution is 2.34. The lowest BCUT2D eigenvalue weighted by molar-refractivity contribution is -0.131. The fraction of sp³-hybridized carbons (Fsp3) is 0.346. The number of nitrogens with one attached hydrogen (secondary N) is 1. The Labute approximate surface area is 195 Å². The van der Waals surface area contributed by atoms with E-state index in [2.05, 4.69) is 10.2 Å². The summed E-state index contributed by atoms with van der Waals surface area (Å²) in [6.07, 6.45) is 4.97. The first-order valence-electron chi connectivity index (χ1n) is 11.7. The Hall–Kier alpha value is -3.68. The van der Waals surface area contributed by atoms with E-state index < -0.39 is 11.5 Å². The standard InChI is InChI=1S/C26H25FN4O3/c1-15-10-22(21(27)13-20(15)18-4-5-23-19(12-18)7-9-34-23)31-24(28-29-26(31)33)11-16-6-8-30(14-16)25(32)17-2-3-17/h4-5,7,9-10,12-13,16-17H,2-3,6,8,11,14H2,1H3,(H,29,33). The average molecular weight is 461 g/mol. The van der Waals surface area contributed by atoms with Crippen LogP contribution in [0.4, 0.5) is 4.39 Å². The van der Waals surface area contributed by atoms with Crippen LogP contribution in [0.1, 0.15) is 30.7 Å². The van der Waals surface area contributed by atoms with Crippen LogP contribution in [0.25, 0.3) is 27.8 Å². The molecule has 174 valence electrons. The summed E-state index contributed by atoms with van der Waals surface area (Å²) < 4.78 is 22.1. The molecule has 3 heterocycles. The number of H-pyrrole nitrogens is 1. The Morgan fingerprint density at radius 2 is 2.06 bits per heavy atom. The summed E-state index contributed by atoms with van der Waals surface area (Å²) in [7, 11) is 0. The van der Waals surface area contributed by atoms with E-state index in [1.807, 2.05) is 36.1 Å². The predicted molar refractivity (Wildman–Crippen MR) is 125 cm³/mol. The van der Waals surface area contributed by atoms with Gasteiger partial charge in [-0.2, -0.15) is 5.10 Å². The van der Waals surface area contributed by atoms with Crippen molar-refractivity contribution in [1.29, 1.82) is 0 Å². The van der Waals surface area contributed by atoms with E-state index in [9.17, 15) is 9.59 Å². The summed E-state index contributed by atoms with van der Waals surface area (Å²) in [4.78, 5) is 26.9. The molecule has 2 aromatic carbocycles. The molecule has 34 heavy (non-hydrogen) atoms. The van der Waals surface area contributed by atoms with Crippen LogP contribution in [0.15, 0.2) is 51.9 Å². The van der Waals surface area contributed by atoms with Gasteiger partial charge in [-0.3, -0.25) is 4.79 Å². The topological polar surface area (TPSA) is 84.1 Å². The molecule has 2 aromatic heterocycles. The summed E-state index contributed by atoms with van der Waals surface area (Å²) in [5, 5.41) is 7.62. The highest BCUT2D eigenvalue weighted by Gasteiger charge is 2.37. The zero-order valence-electron chi connectivity index (χ0n) is 18.9. The Kier molecular flexibility index (Phi) is 4.90. The molecule has 0 spiro atoms. The van der Waals surface area contributed by atoms with Gasteiger partial charge in [0.25, 0.3) is 0 Å². The van der Waals surface area contributed by atoms with Crippen molar-refractivity contribution in [1.82, 2.24) is 19.7 Å². The number of furan rings is 1. The van der Waals surface area contributed by atoms with Crippen LogP contribution in [-0.4, -0.2) is 38.7 Å². The Balaban J connectivity index is 1.29. The van der Waals surface area contributed by atoms with Crippen molar-refractivity contribution in [3.8, 4) is 16.8 Å². The van der Waals surface area contributed by atoms with Crippen LogP contribution >= 0.6 is 0 Å². The second-order valence-electron chi connectivity index (χ2n) is 9.49. The van der Waals surface area contributed by atoms with Crippen molar-refractivity contribution in [2.45, 2.75) is 32.6 Å². The first-order valence-corrected chi connectivity index (χ1v) is 11.7. The summed E-state index contributed by atoms with van der Waals surface area (Å²) in [5.74, 6) is 0.637. The summed E-state index contributed by atoms with van der Waals surface area (Å²) in [6.45, 7) is 3.30. The highest BCUT2D eigenvalue weighted by molar-refractivity contribution is 5.84. The van der Waals surface area contributed by atoms with Crippen molar-refractivity contribution in [2.75, 3.05) is 13.1 Å². The Bertz CT molecular complexity index is 1460. The van der Waals surface area contributed by atoms with Crippen LogP contribution in [0.5, 0.6) is 0 Å². The number of likely N-dealkylation sites (tertiary alicyclic amines) is 1. The number of carbonyl (C=O) groups is 1. The van der Waals surface area contributed by atoms with Crippen LogP contribution in [-0.2, 0) is 11.2 Å². The zero-order chi connectivity index (χ0) is 23.4. The number of aryl methyl sites for hydroxylation is 1. The van der Waals surface area contributed by atoms with Gasteiger partial charge in [0.05, 0.1) is 12.0 Å². The van der Waals surface area contributed by atoms with Crippen LogP contribution in [0.2, 0.25) is 0 Å². The molecule has 6 rings (SSSR count). The van der Waals surface area contributed by atoms with Gasteiger partial charge in [-0.1, -0.05) is 6.07 Å².